The van der Waals surface area contributed by atoms with E-state index in [-0.39, 0.29) is 18.4 Å². The van der Waals surface area contributed by atoms with Gasteiger partial charge in [0.25, 0.3) is 0 Å². The molecule has 0 fully saturated rings. The van der Waals surface area contributed by atoms with Crippen LogP contribution < -0.4 is 10.6 Å². The molecule has 178 valence electrons. The lowest BCUT2D eigenvalue weighted by Crippen LogP contribution is -2.55. The van der Waals surface area contributed by atoms with E-state index in [1.54, 1.807) is 26.8 Å². The normalized spacial score (nSPS) is 12.5. The first-order chi connectivity index (χ1) is 14.8. The number of alkyl carbamates (subject to hydrolysis) is 1. The van der Waals surface area contributed by atoms with Gasteiger partial charge >= 0.3 is 6.09 Å². The second-order valence-electron chi connectivity index (χ2n) is 9.71. The molecule has 1 atom stereocenters. The predicted octanol–water partition coefficient (Wildman–Crippen LogP) is 4.44. The van der Waals surface area contributed by atoms with Gasteiger partial charge < -0.3 is 20.3 Å². The zero-order chi connectivity index (χ0) is 24.5. The molecule has 7 heteroatoms. The highest BCUT2D eigenvalue weighted by Gasteiger charge is 2.38. The lowest BCUT2D eigenvalue weighted by molar-refractivity contribution is -0.145. The summed E-state index contributed by atoms with van der Waals surface area (Å²) in [5, 5.41) is 5.46. The summed E-state index contributed by atoms with van der Waals surface area (Å²) >= 11 is 0. The topological polar surface area (TPSA) is 87.7 Å². The molecule has 7 nitrogen and oxygen atoms in total. The number of carbonyl (C=O) groups is 3. The van der Waals surface area contributed by atoms with Crippen LogP contribution in [0.15, 0.2) is 30.8 Å². The summed E-state index contributed by atoms with van der Waals surface area (Å²) in [6.07, 6.45) is 2.80. The molecule has 0 aliphatic heterocycles. The lowest BCUT2D eigenvalue weighted by atomic mass is 9.95. The number of hydrogen-bond acceptors (Lipinski definition) is 4. The minimum absolute atomic E-state index is 0.264. The molecule has 0 aliphatic carbocycles. The van der Waals surface area contributed by atoms with Crippen LogP contribution in [0.1, 0.15) is 78.5 Å². The maximum atomic E-state index is 13.3. The van der Waals surface area contributed by atoms with Crippen molar-refractivity contribution in [1.82, 2.24) is 15.5 Å². The molecule has 3 amide bonds. The van der Waals surface area contributed by atoms with Crippen LogP contribution in [0.2, 0.25) is 0 Å². The van der Waals surface area contributed by atoms with Gasteiger partial charge in [0, 0.05) is 12.1 Å². The van der Waals surface area contributed by atoms with Crippen LogP contribution in [-0.2, 0) is 14.3 Å². The van der Waals surface area contributed by atoms with Crippen LogP contribution in [0.4, 0.5) is 4.79 Å². The minimum atomic E-state index is -0.861. The van der Waals surface area contributed by atoms with E-state index in [4.69, 9.17) is 4.74 Å². The van der Waals surface area contributed by atoms with E-state index in [0.29, 0.717) is 12.1 Å². The van der Waals surface area contributed by atoms with E-state index in [2.05, 4.69) is 17.2 Å². The van der Waals surface area contributed by atoms with E-state index < -0.39 is 23.3 Å². The molecule has 1 aromatic carbocycles. The Kier molecular flexibility index (Phi) is 9.94. The molecule has 1 rings (SSSR count). The van der Waals surface area contributed by atoms with Gasteiger partial charge in [-0.15, -0.1) is 0 Å². The summed E-state index contributed by atoms with van der Waals surface area (Å²) in [7, 11) is 0. The fourth-order valence-corrected chi connectivity index (χ4v) is 3.21. The zero-order valence-corrected chi connectivity index (χ0v) is 20.6. The van der Waals surface area contributed by atoms with Gasteiger partial charge in [0.15, 0.2) is 0 Å². The summed E-state index contributed by atoms with van der Waals surface area (Å²) in [6.45, 7) is 16.9. The number of nitrogens with zero attached hydrogens (tertiary/aromatic N) is 1. The van der Waals surface area contributed by atoms with E-state index in [1.807, 2.05) is 52.0 Å². The predicted molar refractivity (Wildman–Crippen MR) is 128 cm³/mol. The second kappa shape index (κ2) is 11.7. The second-order valence-corrected chi connectivity index (χ2v) is 9.71. The van der Waals surface area contributed by atoms with Gasteiger partial charge in [-0.1, -0.05) is 44.2 Å². The van der Waals surface area contributed by atoms with E-state index in [0.717, 1.165) is 18.4 Å². The third kappa shape index (κ3) is 8.73. The van der Waals surface area contributed by atoms with E-state index in [9.17, 15) is 14.4 Å². The van der Waals surface area contributed by atoms with E-state index in [1.165, 1.54) is 4.90 Å². The fraction of sp³-hybridized carbons (Fsp3) is 0.560. The molecule has 0 aromatic heterocycles. The van der Waals surface area contributed by atoms with Gasteiger partial charge in [-0.05, 0) is 65.2 Å². The number of rotatable bonds is 9. The molecule has 0 saturated carbocycles. The monoisotopic (exact) mass is 445 g/mol. The highest BCUT2D eigenvalue weighted by molar-refractivity contribution is 5.91. The van der Waals surface area contributed by atoms with Gasteiger partial charge in [-0.25, -0.2) is 4.79 Å². The van der Waals surface area contributed by atoms with E-state index >= 15 is 0 Å². The van der Waals surface area contributed by atoms with Gasteiger partial charge in [0.05, 0.1) is 0 Å². The van der Waals surface area contributed by atoms with Crippen molar-refractivity contribution in [3.8, 4) is 0 Å². The number of carbonyl (C=O) groups excluding carboxylic acids is 3. The average Bonchev–Trinajstić information content (AvgIpc) is 2.68. The Labute approximate surface area is 192 Å². The Hall–Kier alpha value is -2.83. The van der Waals surface area contributed by atoms with Crippen molar-refractivity contribution in [2.24, 2.45) is 0 Å². The Morgan fingerprint density at radius 2 is 1.78 bits per heavy atom. The summed E-state index contributed by atoms with van der Waals surface area (Å²) in [5.41, 5.74) is 0.159. The van der Waals surface area contributed by atoms with Gasteiger partial charge in [0.2, 0.25) is 11.8 Å². The molecule has 0 heterocycles. The fourth-order valence-electron chi connectivity index (χ4n) is 3.21. The smallest absolute Gasteiger partial charge is 0.408 e. The SMILES string of the molecule is C=Cc1cccc(C(C(=O)NCCCC)N(C(=O)CNC(=O)OC(C)(C)C)C(C)(C)C)c1. The highest BCUT2D eigenvalue weighted by Crippen LogP contribution is 2.30. The summed E-state index contributed by atoms with van der Waals surface area (Å²) in [5.74, 6) is -0.650. The largest absolute Gasteiger partial charge is 0.444 e. The summed E-state index contributed by atoms with van der Waals surface area (Å²) in [4.78, 5) is 40.2. The molecule has 1 unspecified atom stereocenters. The third-order valence-electron chi connectivity index (χ3n) is 4.57. The standard InChI is InChI=1S/C25H39N3O4/c1-9-11-15-26-22(30)21(19-14-12-13-18(10-2)16-19)28(24(3,4)5)20(29)17-27-23(31)32-25(6,7)8/h10,12-14,16,21H,2,9,11,15,17H2,1,3-8H3,(H,26,30)(H,27,31). The molecule has 0 bridgehead atoms. The number of amides is 3. The maximum absolute atomic E-state index is 13.3. The third-order valence-corrected chi connectivity index (χ3v) is 4.57. The van der Waals surface area contributed by atoms with Crippen molar-refractivity contribution in [1.29, 1.82) is 0 Å². The van der Waals surface area contributed by atoms with Crippen molar-refractivity contribution in [2.75, 3.05) is 13.1 Å². The van der Waals surface area contributed by atoms with Crippen molar-refractivity contribution >= 4 is 24.0 Å². The van der Waals surface area contributed by atoms with Crippen LogP contribution in [0.5, 0.6) is 0 Å². The number of ether oxygens (including phenoxy) is 1. The maximum Gasteiger partial charge on any atom is 0.408 e. The molecule has 0 radical (unpaired) electrons. The molecular weight excluding hydrogens is 406 g/mol. The van der Waals surface area contributed by atoms with Gasteiger partial charge in [0.1, 0.15) is 18.2 Å². The highest BCUT2D eigenvalue weighted by atomic mass is 16.6. The van der Waals surface area contributed by atoms with Crippen LogP contribution in [0.25, 0.3) is 6.08 Å². The summed E-state index contributed by atoms with van der Waals surface area (Å²) in [6, 6.07) is 6.53. The summed E-state index contributed by atoms with van der Waals surface area (Å²) < 4.78 is 5.23. The minimum Gasteiger partial charge on any atom is -0.444 e. The number of nitrogens with one attached hydrogen (secondary N) is 2. The van der Waals surface area contributed by atoms with Crippen molar-refractivity contribution in [3.63, 3.8) is 0 Å². The first-order valence-electron chi connectivity index (χ1n) is 11.1. The quantitative estimate of drug-likeness (QED) is 0.550. The number of hydrogen-bond donors (Lipinski definition) is 2. The molecule has 0 saturated heterocycles. The van der Waals surface area contributed by atoms with Crippen molar-refractivity contribution in [2.45, 2.75) is 78.5 Å². The molecule has 32 heavy (non-hydrogen) atoms. The number of benzene rings is 1. The van der Waals surface area contributed by atoms with Crippen molar-refractivity contribution in [3.05, 3.63) is 42.0 Å². The Balaban J connectivity index is 3.27. The molecule has 1 aromatic rings. The van der Waals surface area contributed by atoms with Crippen LogP contribution in [-0.4, -0.2) is 47.0 Å². The van der Waals surface area contributed by atoms with Gasteiger partial charge in [-0.2, -0.15) is 0 Å². The molecule has 0 spiro atoms. The Morgan fingerprint density at radius 1 is 1.12 bits per heavy atom. The average molecular weight is 446 g/mol. The first kappa shape index (κ1) is 27.2. The Bertz CT molecular complexity index is 806. The van der Waals surface area contributed by atoms with Crippen molar-refractivity contribution < 1.29 is 19.1 Å². The zero-order valence-electron chi connectivity index (χ0n) is 20.6. The molecule has 0 aliphatic rings. The first-order valence-corrected chi connectivity index (χ1v) is 11.1. The van der Waals surface area contributed by atoms with Crippen LogP contribution >= 0.6 is 0 Å². The van der Waals surface area contributed by atoms with Gasteiger partial charge in [-0.3, -0.25) is 9.59 Å². The molecular formula is C25H39N3O4. The number of unbranched alkanes of at least 4 members (excludes halogenated alkanes) is 1. The van der Waals surface area contributed by atoms with Crippen LogP contribution in [0.3, 0.4) is 0 Å². The van der Waals surface area contributed by atoms with Crippen LogP contribution in [0, 0.1) is 0 Å². The lowest BCUT2D eigenvalue weighted by Gasteiger charge is -2.41. The Morgan fingerprint density at radius 3 is 2.31 bits per heavy atom. The molecule has 2 N–H and O–H groups in total.